The summed E-state index contributed by atoms with van der Waals surface area (Å²) in [4.78, 5) is 11.9. The van der Waals surface area contributed by atoms with Gasteiger partial charge in [-0.3, -0.25) is 4.79 Å². The topological polar surface area (TPSA) is 26.3 Å². The molecule has 2 rings (SSSR count). The molecule has 110 valence electrons. The Bertz CT molecular complexity index is 655. The Kier molecular flexibility index (Phi) is 4.26. The van der Waals surface area contributed by atoms with Crippen LogP contribution in [0.3, 0.4) is 0 Å². The maximum absolute atomic E-state index is 13.7. The van der Waals surface area contributed by atoms with Gasteiger partial charge in [0.25, 0.3) is 0 Å². The fourth-order valence-corrected chi connectivity index (χ4v) is 1.88. The third-order valence-electron chi connectivity index (χ3n) is 2.93. The van der Waals surface area contributed by atoms with Crippen LogP contribution in [-0.2, 0) is 6.42 Å². The van der Waals surface area contributed by atoms with Gasteiger partial charge in [0.1, 0.15) is 29.0 Å². The largest absolute Gasteiger partial charge is 0.497 e. The number of benzene rings is 2. The molecule has 2 aromatic rings. The highest BCUT2D eigenvalue weighted by Crippen LogP contribution is 2.23. The van der Waals surface area contributed by atoms with E-state index in [1.54, 1.807) is 0 Å². The van der Waals surface area contributed by atoms with Gasteiger partial charge in [0, 0.05) is 24.1 Å². The normalized spacial score (nSPS) is 10.5. The molecule has 0 atom stereocenters. The van der Waals surface area contributed by atoms with Gasteiger partial charge in [-0.1, -0.05) is 6.07 Å². The molecule has 0 saturated carbocycles. The van der Waals surface area contributed by atoms with Crippen molar-refractivity contribution in [3.05, 3.63) is 64.7 Å². The molecule has 0 heterocycles. The lowest BCUT2D eigenvalue weighted by atomic mass is 10.0. The second-order valence-electron chi connectivity index (χ2n) is 4.27. The van der Waals surface area contributed by atoms with Crippen molar-refractivity contribution in [2.45, 2.75) is 6.42 Å². The van der Waals surface area contributed by atoms with Crippen LogP contribution in [0.15, 0.2) is 30.3 Å². The van der Waals surface area contributed by atoms with Crippen LogP contribution in [0.5, 0.6) is 5.75 Å². The summed E-state index contributed by atoms with van der Waals surface area (Å²) in [6.45, 7) is 0. The molecule has 0 fully saturated rings. The zero-order valence-corrected chi connectivity index (χ0v) is 10.9. The number of hydrogen-bond donors (Lipinski definition) is 0. The van der Waals surface area contributed by atoms with Gasteiger partial charge in [-0.15, -0.1) is 0 Å². The number of rotatable bonds is 4. The van der Waals surface area contributed by atoms with Crippen LogP contribution in [0.4, 0.5) is 17.6 Å². The third kappa shape index (κ3) is 3.04. The highest BCUT2D eigenvalue weighted by Gasteiger charge is 2.22. The number of Topliss-reactive ketones (excluding diaryl/α,β-unsaturated/α-hetero) is 1. The Labute approximate surface area is 118 Å². The van der Waals surface area contributed by atoms with E-state index in [1.807, 2.05) is 0 Å². The monoisotopic (exact) mass is 298 g/mol. The molecule has 0 aliphatic heterocycles. The quantitative estimate of drug-likeness (QED) is 0.636. The van der Waals surface area contributed by atoms with Crippen molar-refractivity contribution in [3.8, 4) is 5.75 Å². The van der Waals surface area contributed by atoms with E-state index < -0.39 is 46.6 Å². The standard InChI is InChI=1S/C15H10F4O2/c1-21-8-5-12(18)15(13(19)6-8)14(20)7-9-10(16)3-2-4-11(9)17/h2-6H,7H2,1H3. The molecule has 0 amide bonds. The van der Waals surface area contributed by atoms with E-state index in [0.29, 0.717) is 0 Å². The second-order valence-corrected chi connectivity index (χ2v) is 4.27. The summed E-state index contributed by atoms with van der Waals surface area (Å²) < 4.78 is 59.0. The van der Waals surface area contributed by atoms with Gasteiger partial charge >= 0.3 is 0 Å². The highest BCUT2D eigenvalue weighted by atomic mass is 19.1. The van der Waals surface area contributed by atoms with Gasteiger partial charge in [-0.2, -0.15) is 0 Å². The Morgan fingerprint density at radius 2 is 1.52 bits per heavy atom. The van der Waals surface area contributed by atoms with Crippen LogP contribution in [0.2, 0.25) is 0 Å². The number of halogens is 4. The molecule has 0 aromatic heterocycles. The zero-order chi connectivity index (χ0) is 15.6. The molecule has 0 aliphatic rings. The summed E-state index contributed by atoms with van der Waals surface area (Å²) in [6, 6.07) is 4.72. The number of methoxy groups -OCH3 is 1. The molecular formula is C15H10F4O2. The van der Waals surface area contributed by atoms with Crippen molar-refractivity contribution in [2.75, 3.05) is 7.11 Å². The first-order chi connectivity index (χ1) is 9.93. The summed E-state index contributed by atoms with van der Waals surface area (Å²) in [7, 11) is 1.21. The Morgan fingerprint density at radius 1 is 1.00 bits per heavy atom. The SMILES string of the molecule is COc1cc(F)c(C(=O)Cc2c(F)cccc2F)c(F)c1. The minimum absolute atomic E-state index is 0.0985. The lowest BCUT2D eigenvalue weighted by molar-refractivity contribution is 0.0982. The zero-order valence-electron chi connectivity index (χ0n) is 10.9. The van der Waals surface area contributed by atoms with Crippen molar-refractivity contribution in [2.24, 2.45) is 0 Å². The van der Waals surface area contributed by atoms with Crippen LogP contribution in [-0.4, -0.2) is 12.9 Å². The van der Waals surface area contributed by atoms with Crippen LogP contribution < -0.4 is 4.74 Å². The molecule has 0 bridgehead atoms. The van der Waals surface area contributed by atoms with Crippen molar-refractivity contribution >= 4 is 5.78 Å². The van der Waals surface area contributed by atoms with Crippen LogP contribution >= 0.6 is 0 Å². The van der Waals surface area contributed by atoms with Crippen molar-refractivity contribution < 1.29 is 27.1 Å². The summed E-state index contributed by atoms with van der Waals surface area (Å²) in [5.74, 6) is -5.34. The van der Waals surface area contributed by atoms with E-state index in [4.69, 9.17) is 0 Å². The minimum atomic E-state index is -1.14. The summed E-state index contributed by atoms with van der Waals surface area (Å²) in [5.41, 5.74) is -1.38. The van der Waals surface area contributed by atoms with Gasteiger partial charge in [0.05, 0.1) is 12.7 Å². The van der Waals surface area contributed by atoms with E-state index in [9.17, 15) is 22.4 Å². The molecule has 0 spiro atoms. The first-order valence-electron chi connectivity index (χ1n) is 5.93. The van der Waals surface area contributed by atoms with Crippen LogP contribution in [0.25, 0.3) is 0 Å². The lowest BCUT2D eigenvalue weighted by Gasteiger charge is -2.08. The second kappa shape index (κ2) is 5.95. The van der Waals surface area contributed by atoms with Crippen LogP contribution in [0, 0.1) is 23.3 Å². The molecule has 2 nitrogen and oxygen atoms in total. The lowest BCUT2D eigenvalue weighted by Crippen LogP contribution is -2.11. The number of hydrogen-bond acceptors (Lipinski definition) is 2. The third-order valence-corrected chi connectivity index (χ3v) is 2.93. The highest BCUT2D eigenvalue weighted by molar-refractivity contribution is 5.98. The van der Waals surface area contributed by atoms with Crippen molar-refractivity contribution in [1.29, 1.82) is 0 Å². The number of ketones is 1. The molecule has 0 unspecified atom stereocenters. The first kappa shape index (κ1) is 15.0. The van der Waals surface area contributed by atoms with Gasteiger partial charge in [-0.05, 0) is 12.1 Å². The van der Waals surface area contributed by atoms with E-state index in [0.717, 1.165) is 30.3 Å². The first-order valence-corrected chi connectivity index (χ1v) is 5.93. The maximum Gasteiger partial charge on any atom is 0.173 e. The van der Waals surface area contributed by atoms with Gasteiger partial charge in [-0.25, -0.2) is 17.6 Å². The fraction of sp³-hybridized carbons (Fsp3) is 0.133. The Morgan fingerprint density at radius 3 is 2.00 bits per heavy atom. The molecular weight excluding hydrogens is 288 g/mol. The van der Waals surface area contributed by atoms with Gasteiger partial charge < -0.3 is 4.74 Å². The predicted octanol–water partition coefficient (Wildman–Crippen LogP) is 3.68. The molecule has 6 heteroatoms. The summed E-state index contributed by atoms with van der Waals surface area (Å²) >= 11 is 0. The Balaban J connectivity index is 2.38. The molecule has 0 saturated heterocycles. The van der Waals surface area contributed by atoms with Crippen LogP contribution in [0.1, 0.15) is 15.9 Å². The molecule has 21 heavy (non-hydrogen) atoms. The van der Waals surface area contributed by atoms with Crippen molar-refractivity contribution in [1.82, 2.24) is 0 Å². The van der Waals surface area contributed by atoms with E-state index in [-0.39, 0.29) is 5.75 Å². The van der Waals surface area contributed by atoms with E-state index >= 15 is 0 Å². The van der Waals surface area contributed by atoms with E-state index in [1.165, 1.54) is 7.11 Å². The summed E-state index contributed by atoms with van der Waals surface area (Å²) in [6.07, 6.45) is -0.779. The molecule has 0 radical (unpaired) electrons. The average Bonchev–Trinajstić information content (AvgIpc) is 2.42. The summed E-state index contributed by atoms with van der Waals surface area (Å²) in [5, 5.41) is 0. The Hall–Kier alpha value is -2.37. The van der Waals surface area contributed by atoms with Crippen molar-refractivity contribution in [3.63, 3.8) is 0 Å². The smallest absolute Gasteiger partial charge is 0.173 e. The number of ether oxygens (including phenoxy) is 1. The molecule has 0 N–H and O–H groups in total. The fourth-order valence-electron chi connectivity index (χ4n) is 1.88. The number of carbonyl (C=O) groups is 1. The maximum atomic E-state index is 13.7. The molecule has 2 aromatic carbocycles. The predicted molar refractivity (Wildman–Crippen MR) is 67.3 cm³/mol. The average molecular weight is 298 g/mol. The minimum Gasteiger partial charge on any atom is -0.497 e. The van der Waals surface area contributed by atoms with E-state index in [2.05, 4.69) is 4.74 Å². The number of carbonyl (C=O) groups excluding carboxylic acids is 1. The van der Waals surface area contributed by atoms with Gasteiger partial charge in [0.2, 0.25) is 0 Å². The molecule has 0 aliphatic carbocycles. The van der Waals surface area contributed by atoms with Gasteiger partial charge in [0.15, 0.2) is 5.78 Å².